The molecule has 2 aromatic heterocycles. The van der Waals surface area contributed by atoms with Crippen molar-refractivity contribution in [3.05, 3.63) is 53.5 Å². The highest BCUT2D eigenvalue weighted by Gasteiger charge is 2.44. The van der Waals surface area contributed by atoms with Crippen molar-refractivity contribution in [1.29, 1.82) is 0 Å². The fourth-order valence-electron chi connectivity index (χ4n) is 6.37. The molecule has 10 heteroatoms. The van der Waals surface area contributed by atoms with Gasteiger partial charge in [-0.15, -0.1) is 0 Å². The van der Waals surface area contributed by atoms with Crippen molar-refractivity contribution < 1.29 is 8.78 Å². The van der Waals surface area contributed by atoms with E-state index in [9.17, 15) is 8.78 Å². The summed E-state index contributed by atoms with van der Waals surface area (Å²) in [4.78, 5) is 22.6. The molecule has 6 rings (SSSR count). The van der Waals surface area contributed by atoms with Crippen molar-refractivity contribution in [2.24, 2.45) is 11.8 Å². The van der Waals surface area contributed by atoms with E-state index in [-0.39, 0.29) is 17.1 Å². The maximum atomic E-state index is 14.9. The van der Waals surface area contributed by atoms with Crippen LogP contribution in [0.2, 0.25) is 0 Å². The summed E-state index contributed by atoms with van der Waals surface area (Å²) < 4.78 is 29.0. The topological polar surface area (TPSA) is 82.1 Å². The first kappa shape index (κ1) is 23.8. The van der Waals surface area contributed by atoms with Crippen LogP contribution in [-0.2, 0) is 5.41 Å². The van der Waals surface area contributed by atoms with Crippen molar-refractivity contribution in [3.63, 3.8) is 0 Å². The molecule has 2 N–H and O–H groups in total. The number of rotatable bonds is 5. The normalized spacial score (nSPS) is 23.8. The Hall–Kier alpha value is -3.56. The van der Waals surface area contributed by atoms with E-state index in [2.05, 4.69) is 39.3 Å². The van der Waals surface area contributed by atoms with Gasteiger partial charge in [0.15, 0.2) is 11.6 Å². The SMILES string of the molecule is CNc1nc(NC2[C@@H]3CC[C@H]2CN(c2cc(C)ncn2)C3)nc2c1C(C)(C)CN2c1cccc(F)c1F. The van der Waals surface area contributed by atoms with Gasteiger partial charge in [0.2, 0.25) is 5.95 Å². The zero-order chi connectivity index (χ0) is 25.9. The van der Waals surface area contributed by atoms with Crippen LogP contribution >= 0.6 is 0 Å². The fourth-order valence-corrected chi connectivity index (χ4v) is 6.37. The van der Waals surface area contributed by atoms with Crippen molar-refractivity contribution in [2.45, 2.75) is 45.1 Å². The molecule has 0 spiro atoms. The molecule has 1 saturated carbocycles. The van der Waals surface area contributed by atoms with Crippen LogP contribution in [0.4, 0.5) is 37.9 Å². The van der Waals surface area contributed by atoms with Crippen LogP contribution in [0.3, 0.4) is 0 Å². The first-order chi connectivity index (χ1) is 17.7. The van der Waals surface area contributed by atoms with Crippen molar-refractivity contribution in [3.8, 4) is 0 Å². The summed E-state index contributed by atoms with van der Waals surface area (Å²) in [5.41, 5.74) is 1.70. The molecule has 1 unspecified atom stereocenters. The van der Waals surface area contributed by atoms with Gasteiger partial charge in [0, 0.05) is 55.5 Å². The van der Waals surface area contributed by atoms with Gasteiger partial charge in [-0.2, -0.15) is 9.97 Å². The average Bonchev–Trinajstić information content (AvgIpc) is 3.26. The van der Waals surface area contributed by atoms with Crippen molar-refractivity contribution in [2.75, 3.05) is 47.1 Å². The second kappa shape index (κ2) is 8.78. The molecule has 3 aromatic rings. The van der Waals surface area contributed by atoms with Crippen LogP contribution < -0.4 is 20.4 Å². The van der Waals surface area contributed by atoms with Crippen molar-refractivity contribution >= 4 is 29.1 Å². The highest BCUT2D eigenvalue weighted by atomic mass is 19.2. The lowest BCUT2D eigenvalue weighted by atomic mass is 9.88. The zero-order valence-corrected chi connectivity index (χ0v) is 21.6. The van der Waals surface area contributed by atoms with E-state index in [1.54, 1.807) is 17.3 Å². The number of halogens is 2. The Morgan fingerprint density at radius 1 is 1.05 bits per heavy atom. The average molecular weight is 507 g/mol. The summed E-state index contributed by atoms with van der Waals surface area (Å²) in [5, 5.41) is 6.86. The highest BCUT2D eigenvalue weighted by Crippen LogP contribution is 2.48. The molecular formula is C27H32F2N8. The zero-order valence-electron chi connectivity index (χ0n) is 21.6. The second-order valence-corrected chi connectivity index (χ2v) is 11.1. The van der Waals surface area contributed by atoms with E-state index in [1.807, 2.05) is 20.0 Å². The van der Waals surface area contributed by atoms with Crippen LogP contribution in [0.5, 0.6) is 0 Å². The van der Waals surface area contributed by atoms with Gasteiger partial charge in [0.05, 0.1) is 5.69 Å². The van der Waals surface area contributed by atoms with E-state index in [0.717, 1.165) is 49.1 Å². The second-order valence-electron chi connectivity index (χ2n) is 11.1. The summed E-state index contributed by atoms with van der Waals surface area (Å²) in [7, 11) is 1.83. The Bertz CT molecular complexity index is 1330. The molecule has 1 aliphatic carbocycles. The molecule has 37 heavy (non-hydrogen) atoms. The lowest BCUT2D eigenvalue weighted by Gasteiger charge is -2.39. The molecule has 1 aromatic carbocycles. The Morgan fingerprint density at radius 3 is 2.51 bits per heavy atom. The van der Waals surface area contributed by atoms with E-state index in [1.165, 1.54) is 6.07 Å². The largest absolute Gasteiger partial charge is 0.373 e. The van der Waals surface area contributed by atoms with Gasteiger partial charge in [-0.1, -0.05) is 19.9 Å². The third-order valence-electron chi connectivity index (χ3n) is 8.08. The molecule has 4 heterocycles. The van der Waals surface area contributed by atoms with E-state index in [4.69, 9.17) is 9.97 Å². The van der Waals surface area contributed by atoms with Gasteiger partial charge in [-0.3, -0.25) is 0 Å². The lowest BCUT2D eigenvalue weighted by Crippen LogP contribution is -2.48. The monoisotopic (exact) mass is 506 g/mol. The summed E-state index contributed by atoms with van der Waals surface area (Å²) in [5.74, 6) is 1.92. The predicted molar refractivity (Wildman–Crippen MR) is 141 cm³/mol. The van der Waals surface area contributed by atoms with Gasteiger partial charge in [-0.25, -0.2) is 18.7 Å². The molecule has 2 aliphatic heterocycles. The summed E-state index contributed by atoms with van der Waals surface area (Å²) in [6.45, 7) is 8.41. The smallest absolute Gasteiger partial charge is 0.226 e. The molecule has 3 aliphatic rings. The summed E-state index contributed by atoms with van der Waals surface area (Å²) in [6, 6.07) is 6.54. The molecule has 1 saturated heterocycles. The van der Waals surface area contributed by atoms with Crippen molar-refractivity contribution in [1.82, 2.24) is 19.9 Å². The Kier molecular flexibility index (Phi) is 5.65. The maximum Gasteiger partial charge on any atom is 0.226 e. The van der Waals surface area contributed by atoms with E-state index in [0.29, 0.717) is 36.0 Å². The molecule has 3 atom stereocenters. The first-order valence-electron chi connectivity index (χ1n) is 12.9. The number of benzene rings is 1. The van der Waals surface area contributed by atoms with Crippen LogP contribution in [0.25, 0.3) is 0 Å². The minimum Gasteiger partial charge on any atom is -0.373 e. The van der Waals surface area contributed by atoms with E-state index >= 15 is 0 Å². The van der Waals surface area contributed by atoms with Crippen LogP contribution in [0.1, 0.15) is 37.9 Å². The van der Waals surface area contributed by atoms with Gasteiger partial charge >= 0.3 is 0 Å². The molecule has 0 radical (unpaired) electrons. The summed E-state index contributed by atoms with van der Waals surface area (Å²) >= 11 is 0. The molecule has 8 nitrogen and oxygen atoms in total. The first-order valence-corrected chi connectivity index (χ1v) is 12.9. The number of anilines is 5. The number of nitrogens with zero attached hydrogens (tertiary/aromatic N) is 6. The number of aromatic nitrogens is 4. The maximum absolute atomic E-state index is 14.9. The molecule has 2 bridgehead atoms. The third kappa shape index (κ3) is 4.02. The predicted octanol–water partition coefficient (Wildman–Crippen LogP) is 4.65. The van der Waals surface area contributed by atoms with Crippen LogP contribution in [-0.4, -0.2) is 52.7 Å². The van der Waals surface area contributed by atoms with Gasteiger partial charge < -0.3 is 20.4 Å². The Labute approximate surface area is 215 Å². The number of hydrogen-bond donors (Lipinski definition) is 2. The third-order valence-corrected chi connectivity index (χ3v) is 8.08. The lowest BCUT2D eigenvalue weighted by molar-refractivity contribution is 0.375. The van der Waals surface area contributed by atoms with E-state index < -0.39 is 11.6 Å². The minimum atomic E-state index is -0.868. The number of nitrogens with one attached hydrogen (secondary N) is 2. The quantitative estimate of drug-likeness (QED) is 0.518. The standard InChI is InChI=1S/C27H32F2N8/c1-15-10-20(32-14-31-15)36-11-16-8-9-17(12-36)23(16)33-26-34-24(30-4)21-25(35-26)37(13-27(21,2)3)19-7-5-6-18(28)22(19)29/h5-7,10,14,16-17,23H,8-9,11-13H2,1-4H3,(H2,30,33,34,35)/t16-,17+,23?. The number of piperidine rings is 1. The van der Waals surface area contributed by atoms with Gasteiger partial charge in [0.1, 0.15) is 23.8 Å². The molecule has 0 amide bonds. The molecule has 2 fully saturated rings. The highest BCUT2D eigenvalue weighted by molar-refractivity contribution is 5.76. The molecular weight excluding hydrogens is 474 g/mol. The Balaban J connectivity index is 1.32. The fraction of sp³-hybridized carbons (Fsp3) is 0.481. The minimum absolute atomic E-state index is 0.187. The number of hydrogen-bond acceptors (Lipinski definition) is 8. The number of aryl methyl sites for hydroxylation is 1. The Morgan fingerprint density at radius 2 is 1.81 bits per heavy atom. The van der Waals surface area contributed by atoms with Gasteiger partial charge in [-0.05, 0) is 43.7 Å². The summed E-state index contributed by atoms with van der Waals surface area (Å²) in [6.07, 6.45) is 3.88. The van der Waals surface area contributed by atoms with Crippen LogP contribution in [0, 0.1) is 30.4 Å². The van der Waals surface area contributed by atoms with Crippen LogP contribution in [0.15, 0.2) is 30.6 Å². The number of fused-ring (bicyclic) bond motifs is 3. The van der Waals surface area contributed by atoms with Gasteiger partial charge in [0.25, 0.3) is 0 Å². The molecule has 194 valence electrons.